The number of hydrogen-bond acceptors (Lipinski definition) is 10. The first-order chi connectivity index (χ1) is 16.4. The first-order valence-corrected chi connectivity index (χ1v) is 10.5. The standard InChI is InChI=1S/C17H14N6O.C4H6O6/c1-2-4-12-11(3-1)15-18-7-8-22(15)17-13(19-9-23(12)17)14-20-16(24-21-14)10-5-6-10;5-1(3(7)8)2(6)4(9)10/h1-4,9-10H,5-8H2;1-2,5-6H,(H,7,8)(H,9,10)/t;1-,2-/m.1/s1. The number of anilines is 1. The lowest BCUT2D eigenvalue weighted by Crippen LogP contribution is -2.39. The molecule has 0 spiro atoms. The van der Waals surface area contributed by atoms with Gasteiger partial charge in [0.1, 0.15) is 12.2 Å². The van der Waals surface area contributed by atoms with Crippen LogP contribution in [0.2, 0.25) is 0 Å². The monoisotopic (exact) mass is 468 g/mol. The Morgan fingerprint density at radius 1 is 1.09 bits per heavy atom. The van der Waals surface area contributed by atoms with Gasteiger partial charge in [-0.2, -0.15) is 4.98 Å². The number of hydrogen-bond donors (Lipinski definition) is 4. The summed E-state index contributed by atoms with van der Waals surface area (Å²) in [6.45, 7) is 1.63. The molecule has 6 rings (SSSR count). The number of rotatable bonds is 5. The summed E-state index contributed by atoms with van der Waals surface area (Å²) in [5.74, 6) is 0.188. The molecule has 2 aromatic heterocycles. The van der Waals surface area contributed by atoms with Gasteiger partial charge in [0.05, 0.1) is 12.2 Å². The highest BCUT2D eigenvalue weighted by Gasteiger charge is 2.36. The average molecular weight is 468 g/mol. The Bertz CT molecular complexity index is 1280. The Morgan fingerprint density at radius 3 is 2.47 bits per heavy atom. The largest absolute Gasteiger partial charge is 0.479 e. The molecular weight excluding hydrogens is 448 g/mol. The molecule has 3 aromatic rings. The Hall–Kier alpha value is -4.10. The fourth-order valence-electron chi connectivity index (χ4n) is 3.79. The molecule has 1 aromatic carbocycles. The average Bonchev–Trinajstić information content (AvgIpc) is 3.22. The van der Waals surface area contributed by atoms with Crippen LogP contribution in [0.5, 0.6) is 0 Å². The van der Waals surface area contributed by atoms with Crippen molar-refractivity contribution in [3.63, 3.8) is 0 Å². The third-order valence-corrected chi connectivity index (χ3v) is 5.63. The van der Waals surface area contributed by atoms with E-state index in [1.165, 1.54) is 0 Å². The lowest BCUT2D eigenvalue weighted by Gasteiger charge is -2.29. The first kappa shape index (κ1) is 21.7. The van der Waals surface area contributed by atoms with Crippen molar-refractivity contribution < 1.29 is 34.5 Å². The van der Waals surface area contributed by atoms with E-state index in [2.05, 4.69) is 36.7 Å². The minimum absolute atomic E-state index is 0.439. The number of benzene rings is 1. The number of aliphatic hydroxyl groups excluding tert-OH is 2. The van der Waals surface area contributed by atoms with Crippen LogP contribution >= 0.6 is 0 Å². The van der Waals surface area contributed by atoms with E-state index in [4.69, 9.17) is 29.9 Å². The van der Waals surface area contributed by atoms with Gasteiger partial charge in [-0.15, -0.1) is 0 Å². The van der Waals surface area contributed by atoms with Crippen molar-refractivity contribution in [3.05, 3.63) is 42.0 Å². The number of imidazole rings is 1. The van der Waals surface area contributed by atoms with E-state index in [1.807, 2.05) is 18.5 Å². The smallest absolute Gasteiger partial charge is 0.335 e. The zero-order valence-electron chi connectivity index (χ0n) is 17.6. The molecule has 0 radical (unpaired) electrons. The summed E-state index contributed by atoms with van der Waals surface area (Å²) < 4.78 is 7.52. The van der Waals surface area contributed by atoms with E-state index in [0.29, 0.717) is 11.7 Å². The van der Waals surface area contributed by atoms with E-state index < -0.39 is 24.1 Å². The third-order valence-electron chi connectivity index (χ3n) is 5.63. The number of fused-ring (bicyclic) bond motifs is 6. The Morgan fingerprint density at radius 2 is 1.79 bits per heavy atom. The van der Waals surface area contributed by atoms with Crippen molar-refractivity contribution in [2.45, 2.75) is 31.0 Å². The maximum Gasteiger partial charge on any atom is 0.335 e. The molecule has 13 heteroatoms. The molecule has 1 fully saturated rings. The summed E-state index contributed by atoms with van der Waals surface area (Å²) in [7, 11) is 0. The number of para-hydroxylation sites is 1. The fraction of sp³-hybridized carbons (Fsp3) is 0.333. The number of carboxylic acid groups (broad SMARTS) is 2. The second kappa shape index (κ2) is 8.35. The molecule has 4 N–H and O–H groups in total. The summed E-state index contributed by atoms with van der Waals surface area (Å²) in [6, 6.07) is 8.28. The van der Waals surface area contributed by atoms with Gasteiger partial charge in [-0.05, 0) is 25.0 Å². The maximum atomic E-state index is 9.77. The number of aliphatic hydroxyl groups is 2. The number of amidine groups is 1. The van der Waals surface area contributed by atoms with E-state index in [-0.39, 0.29) is 0 Å². The maximum absolute atomic E-state index is 9.77. The minimum atomic E-state index is -2.27. The van der Waals surface area contributed by atoms with Gasteiger partial charge in [-0.1, -0.05) is 17.3 Å². The Balaban J connectivity index is 0.000000207. The van der Waals surface area contributed by atoms with E-state index in [0.717, 1.165) is 60.4 Å². The van der Waals surface area contributed by atoms with E-state index in [9.17, 15) is 9.59 Å². The van der Waals surface area contributed by atoms with Crippen molar-refractivity contribution in [2.75, 3.05) is 18.0 Å². The molecule has 1 aliphatic carbocycles. The Kier molecular flexibility index (Phi) is 5.34. The molecule has 13 nitrogen and oxygen atoms in total. The lowest BCUT2D eigenvalue weighted by molar-refractivity contribution is -0.165. The van der Waals surface area contributed by atoms with Gasteiger partial charge in [-0.25, -0.2) is 14.6 Å². The van der Waals surface area contributed by atoms with Gasteiger partial charge in [-0.3, -0.25) is 9.56 Å². The van der Waals surface area contributed by atoms with Gasteiger partial charge in [0, 0.05) is 18.0 Å². The van der Waals surface area contributed by atoms with Gasteiger partial charge in [0.15, 0.2) is 23.7 Å². The predicted octanol–water partition coefficient (Wildman–Crippen LogP) is 0.257. The van der Waals surface area contributed by atoms with Crippen LogP contribution in [-0.4, -0.2) is 83.2 Å². The van der Waals surface area contributed by atoms with Crippen LogP contribution in [0, 0.1) is 0 Å². The van der Waals surface area contributed by atoms with Crippen LogP contribution in [0.15, 0.2) is 40.1 Å². The Labute approximate surface area is 191 Å². The fourth-order valence-corrected chi connectivity index (χ4v) is 3.79. The molecule has 1 saturated carbocycles. The van der Waals surface area contributed by atoms with Crippen LogP contribution in [0.3, 0.4) is 0 Å². The van der Waals surface area contributed by atoms with Crippen LogP contribution in [0.1, 0.15) is 30.2 Å². The normalized spacial score (nSPS) is 17.5. The molecule has 0 saturated heterocycles. The summed E-state index contributed by atoms with van der Waals surface area (Å²) in [4.78, 5) is 35.6. The van der Waals surface area contributed by atoms with Gasteiger partial charge in [0.25, 0.3) is 0 Å². The molecule has 2 aliphatic heterocycles. The first-order valence-electron chi connectivity index (χ1n) is 10.5. The highest BCUT2D eigenvalue weighted by Crippen LogP contribution is 2.41. The van der Waals surface area contributed by atoms with Gasteiger partial charge >= 0.3 is 11.9 Å². The van der Waals surface area contributed by atoms with Crippen LogP contribution in [-0.2, 0) is 9.59 Å². The summed E-state index contributed by atoms with van der Waals surface area (Å²) in [5.41, 5.74) is 2.99. The number of carboxylic acids is 2. The van der Waals surface area contributed by atoms with Crippen molar-refractivity contribution in [1.82, 2.24) is 19.7 Å². The van der Waals surface area contributed by atoms with E-state index in [1.54, 1.807) is 0 Å². The van der Waals surface area contributed by atoms with Gasteiger partial charge < -0.3 is 29.8 Å². The van der Waals surface area contributed by atoms with Crippen molar-refractivity contribution >= 4 is 23.6 Å². The SMILES string of the molecule is O=C(O)[C@H](O)[C@@H](O)C(=O)O.c1ccc2c(c1)C1=NCCN1c1c(-c3noc(C4CC4)n3)ncn1-2. The lowest BCUT2D eigenvalue weighted by atomic mass is 10.1. The van der Waals surface area contributed by atoms with Crippen molar-refractivity contribution in [2.24, 2.45) is 4.99 Å². The van der Waals surface area contributed by atoms with Crippen LogP contribution < -0.4 is 4.90 Å². The zero-order chi connectivity index (χ0) is 24.0. The third kappa shape index (κ3) is 3.70. The second-order valence-corrected chi connectivity index (χ2v) is 7.96. The zero-order valence-corrected chi connectivity index (χ0v) is 17.6. The molecule has 2 atom stereocenters. The molecule has 0 amide bonds. The number of carbonyl (C=O) groups is 2. The molecule has 176 valence electrons. The predicted molar refractivity (Wildman–Crippen MR) is 115 cm³/mol. The number of aliphatic carboxylic acids is 2. The van der Waals surface area contributed by atoms with Crippen LogP contribution in [0.4, 0.5) is 5.82 Å². The molecule has 3 aliphatic rings. The van der Waals surface area contributed by atoms with E-state index >= 15 is 0 Å². The molecule has 4 heterocycles. The molecular formula is C21H20N6O7. The second-order valence-electron chi connectivity index (χ2n) is 7.96. The summed E-state index contributed by atoms with van der Waals surface area (Å²) in [5, 5.41) is 36.7. The quantitative estimate of drug-likeness (QED) is 0.402. The van der Waals surface area contributed by atoms with Crippen LogP contribution in [0.25, 0.3) is 17.2 Å². The summed E-state index contributed by atoms with van der Waals surface area (Å²) >= 11 is 0. The number of aromatic nitrogens is 4. The summed E-state index contributed by atoms with van der Waals surface area (Å²) in [6.07, 6.45) is -0.417. The van der Waals surface area contributed by atoms with Gasteiger partial charge in [0.2, 0.25) is 11.7 Å². The molecule has 0 unspecified atom stereocenters. The topological polar surface area (TPSA) is 187 Å². The number of aliphatic imine (C=N–C) groups is 1. The number of nitrogens with zero attached hydrogens (tertiary/aromatic N) is 6. The molecule has 0 bridgehead atoms. The highest BCUT2D eigenvalue weighted by atomic mass is 16.5. The minimum Gasteiger partial charge on any atom is -0.479 e. The van der Waals surface area contributed by atoms with Crippen molar-refractivity contribution in [3.8, 4) is 17.2 Å². The molecule has 34 heavy (non-hydrogen) atoms. The van der Waals surface area contributed by atoms with Crippen molar-refractivity contribution in [1.29, 1.82) is 0 Å². The highest BCUT2D eigenvalue weighted by molar-refractivity contribution is 6.16.